The standard InChI is InChI=1S/C16H24F2N2O/c17-16(18)21-14-9-7-12(8-10-14)15(11-19)20-13-5-3-1-2-4-6-13/h7-10,13,15-16,20H,1-6,11,19H2. The molecular formula is C16H24F2N2O. The molecule has 5 heteroatoms. The number of hydrogen-bond acceptors (Lipinski definition) is 3. The highest BCUT2D eigenvalue weighted by Crippen LogP contribution is 2.23. The van der Waals surface area contributed by atoms with Crippen LogP contribution in [0, 0.1) is 0 Å². The molecule has 0 amide bonds. The van der Waals surface area contributed by atoms with E-state index in [0.717, 1.165) is 5.56 Å². The molecule has 0 spiro atoms. The Kier molecular flexibility index (Phi) is 6.39. The summed E-state index contributed by atoms with van der Waals surface area (Å²) in [5, 5.41) is 3.61. The fraction of sp³-hybridized carbons (Fsp3) is 0.625. The molecule has 1 aromatic carbocycles. The van der Waals surface area contributed by atoms with Gasteiger partial charge in [0, 0.05) is 18.6 Å². The lowest BCUT2D eigenvalue weighted by molar-refractivity contribution is -0.0498. The second-order valence-corrected chi connectivity index (χ2v) is 5.59. The fourth-order valence-corrected chi connectivity index (χ4v) is 2.91. The molecule has 3 N–H and O–H groups in total. The van der Waals surface area contributed by atoms with Gasteiger partial charge in [0.15, 0.2) is 0 Å². The van der Waals surface area contributed by atoms with E-state index in [0.29, 0.717) is 12.6 Å². The number of hydrogen-bond donors (Lipinski definition) is 2. The number of benzene rings is 1. The van der Waals surface area contributed by atoms with Gasteiger partial charge in [0.1, 0.15) is 5.75 Å². The van der Waals surface area contributed by atoms with Gasteiger partial charge in [-0.1, -0.05) is 37.8 Å². The molecule has 0 bridgehead atoms. The van der Waals surface area contributed by atoms with Crippen molar-refractivity contribution in [1.82, 2.24) is 5.32 Å². The summed E-state index contributed by atoms with van der Waals surface area (Å²) in [7, 11) is 0. The predicted octanol–water partition coefficient (Wildman–Crippen LogP) is 3.60. The van der Waals surface area contributed by atoms with Crippen LogP contribution >= 0.6 is 0 Å². The van der Waals surface area contributed by atoms with Crippen LogP contribution in [0.25, 0.3) is 0 Å². The van der Waals surface area contributed by atoms with E-state index in [-0.39, 0.29) is 11.8 Å². The van der Waals surface area contributed by atoms with E-state index < -0.39 is 6.61 Å². The third-order valence-electron chi connectivity index (χ3n) is 4.04. The average Bonchev–Trinajstić information content (AvgIpc) is 2.74. The van der Waals surface area contributed by atoms with Gasteiger partial charge in [-0.25, -0.2) is 0 Å². The lowest BCUT2D eigenvalue weighted by Crippen LogP contribution is -2.36. The average molecular weight is 298 g/mol. The van der Waals surface area contributed by atoms with Gasteiger partial charge in [-0.15, -0.1) is 0 Å². The van der Waals surface area contributed by atoms with Gasteiger partial charge in [-0.05, 0) is 30.5 Å². The van der Waals surface area contributed by atoms with E-state index in [2.05, 4.69) is 10.1 Å². The van der Waals surface area contributed by atoms with Crippen LogP contribution in [0.4, 0.5) is 8.78 Å². The first-order valence-electron chi connectivity index (χ1n) is 7.70. The fourth-order valence-electron chi connectivity index (χ4n) is 2.91. The van der Waals surface area contributed by atoms with Crippen LogP contribution in [0.15, 0.2) is 24.3 Å². The summed E-state index contributed by atoms with van der Waals surface area (Å²) in [5.41, 5.74) is 6.88. The number of halogens is 2. The van der Waals surface area contributed by atoms with E-state index in [4.69, 9.17) is 5.73 Å². The van der Waals surface area contributed by atoms with Crippen LogP contribution in [0.5, 0.6) is 5.75 Å². The smallest absolute Gasteiger partial charge is 0.387 e. The molecule has 1 fully saturated rings. The van der Waals surface area contributed by atoms with Crippen LogP contribution in [0.3, 0.4) is 0 Å². The van der Waals surface area contributed by atoms with Crippen molar-refractivity contribution in [3.8, 4) is 5.75 Å². The first-order chi connectivity index (χ1) is 10.2. The zero-order valence-electron chi connectivity index (χ0n) is 12.2. The van der Waals surface area contributed by atoms with Crippen molar-refractivity contribution in [2.24, 2.45) is 5.73 Å². The zero-order chi connectivity index (χ0) is 15.1. The summed E-state index contributed by atoms with van der Waals surface area (Å²) >= 11 is 0. The van der Waals surface area contributed by atoms with Gasteiger partial charge >= 0.3 is 6.61 Å². The number of alkyl halides is 2. The lowest BCUT2D eigenvalue weighted by atomic mass is 10.0. The minimum Gasteiger partial charge on any atom is -0.435 e. The summed E-state index contributed by atoms with van der Waals surface area (Å²) in [6.45, 7) is -2.30. The van der Waals surface area contributed by atoms with Crippen molar-refractivity contribution in [1.29, 1.82) is 0 Å². The maximum absolute atomic E-state index is 12.1. The van der Waals surface area contributed by atoms with E-state index in [1.54, 1.807) is 24.3 Å². The molecule has 3 nitrogen and oxygen atoms in total. The van der Waals surface area contributed by atoms with Gasteiger partial charge in [0.25, 0.3) is 0 Å². The molecule has 1 aliphatic rings. The molecule has 2 rings (SSSR count). The molecule has 118 valence electrons. The summed E-state index contributed by atoms with van der Waals surface area (Å²) in [4.78, 5) is 0. The predicted molar refractivity (Wildman–Crippen MR) is 79.5 cm³/mol. The molecule has 0 saturated heterocycles. The summed E-state index contributed by atoms with van der Waals surface area (Å²) in [6, 6.07) is 7.31. The van der Waals surface area contributed by atoms with Gasteiger partial charge in [-0.3, -0.25) is 0 Å². The SMILES string of the molecule is NCC(NC1CCCCCC1)c1ccc(OC(F)F)cc1. The first kappa shape index (κ1) is 16.2. The Bertz CT molecular complexity index is 403. The third kappa shape index (κ3) is 5.25. The molecule has 1 aromatic rings. The maximum atomic E-state index is 12.1. The number of nitrogens with one attached hydrogen (secondary N) is 1. The maximum Gasteiger partial charge on any atom is 0.387 e. The second kappa shape index (κ2) is 8.29. The van der Waals surface area contributed by atoms with Gasteiger partial charge in [-0.2, -0.15) is 8.78 Å². The number of rotatable bonds is 6. The minimum atomic E-state index is -2.79. The van der Waals surface area contributed by atoms with Crippen molar-refractivity contribution in [2.45, 2.75) is 57.2 Å². The van der Waals surface area contributed by atoms with Crippen LogP contribution < -0.4 is 15.8 Å². The molecule has 0 aliphatic heterocycles. The Balaban J connectivity index is 1.96. The second-order valence-electron chi connectivity index (χ2n) is 5.59. The van der Waals surface area contributed by atoms with Crippen LogP contribution in [-0.2, 0) is 0 Å². The van der Waals surface area contributed by atoms with Crippen molar-refractivity contribution < 1.29 is 13.5 Å². The molecule has 0 aromatic heterocycles. The number of ether oxygens (including phenoxy) is 1. The Hall–Kier alpha value is -1.20. The zero-order valence-corrected chi connectivity index (χ0v) is 12.2. The molecular weight excluding hydrogens is 274 g/mol. The van der Waals surface area contributed by atoms with Gasteiger partial charge in [0.2, 0.25) is 0 Å². The Morgan fingerprint density at radius 1 is 1.10 bits per heavy atom. The molecule has 21 heavy (non-hydrogen) atoms. The van der Waals surface area contributed by atoms with Gasteiger partial charge < -0.3 is 15.8 Å². The Labute approximate surface area is 124 Å². The van der Waals surface area contributed by atoms with E-state index >= 15 is 0 Å². The normalized spacial score (nSPS) is 18.5. The van der Waals surface area contributed by atoms with Crippen LogP contribution in [0.2, 0.25) is 0 Å². The van der Waals surface area contributed by atoms with Crippen LogP contribution in [0.1, 0.15) is 50.1 Å². The Morgan fingerprint density at radius 2 is 1.71 bits per heavy atom. The Morgan fingerprint density at radius 3 is 2.24 bits per heavy atom. The van der Waals surface area contributed by atoms with E-state index in [1.807, 2.05) is 0 Å². The van der Waals surface area contributed by atoms with E-state index in [1.165, 1.54) is 38.5 Å². The summed E-state index contributed by atoms with van der Waals surface area (Å²) in [5.74, 6) is 0.180. The van der Waals surface area contributed by atoms with Crippen molar-refractivity contribution in [2.75, 3.05) is 6.54 Å². The highest BCUT2D eigenvalue weighted by Gasteiger charge is 2.17. The largest absolute Gasteiger partial charge is 0.435 e. The molecule has 1 unspecified atom stereocenters. The minimum absolute atomic E-state index is 0.0636. The van der Waals surface area contributed by atoms with Crippen LogP contribution in [-0.4, -0.2) is 19.2 Å². The quantitative estimate of drug-likeness (QED) is 0.789. The topological polar surface area (TPSA) is 47.3 Å². The van der Waals surface area contributed by atoms with E-state index in [9.17, 15) is 8.78 Å². The summed E-state index contributed by atoms with van der Waals surface area (Å²) in [6.07, 6.45) is 7.51. The molecule has 0 radical (unpaired) electrons. The molecule has 1 atom stereocenters. The number of nitrogens with two attached hydrogens (primary N) is 1. The monoisotopic (exact) mass is 298 g/mol. The van der Waals surface area contributed by atoms with Crippen molar-refractivity contribution >= 4 is 0 Å². The molecule has 1 aliphatic carbocycles. The van der Waals surface area contributed by atoms with Crippen molar-refractivity contribution in [3.05, 3.63) is 29.8 Å². The van der Waals surface area contributed by atoms with Crippen molar-refractivity contribution in [3.63, 3.8) is 0 Å². The summed E-state index contributed by atoms with van der Waals surface area (Å²) < 4.78 is 28.6. The molecule has 0 heterocycles. The third-order valence-corrected chi connectivity index (χ3v) is 4.04. The van der Waals surface area contributed by atoms with Gasteiger partial charge in [0.05, 0.1) is 0 Å². The first-order valence-corrected chi connectivity index (χ1v) is 7.70. The molecule has 1 saturated carbocycles. The highest BCUT2D eigenvalue weighted by molar-refractivity contribution is 5.29. The lowest BCUT2D eigenvalue weighted by Gasteiger charge is -2.24. The highest BCUT2D eigenvalue weighted by atomic mass is 19.3.